The third-order valence-electron chi connectivity index (χ3n) is 3.08. The van der Waals surface area contributed by atoms with Gasteiger partial charge in [0, 0.05) is 17.1 Å². The van der Waals surface area contributed by atoms with E-state index < -0.39 is 10.8 Å². The summed E-state index contributed by atoms with van der Waals surface area (Å²) in [6, 6.07) is 4.12. The van der Waals surface area contributed by atoms with Gasteiger partial charge in [0.1, 0.15) is 5.56 Å². The zero-order valence-electron chi connectivity index (χ0n) is 10.2. The number of nitro benzene ring substituents is 1. The Morgan fingerprint density at radius 2 is 2.11 bits per heavy atom. The number of nitrogens with one attached hydrogen (secondary N) is 2. The van der Waals surface area contributed by atoms with Crippen molar-refractivity contribution in [3.05, 3.63) is 38.9 Å². The Morgan fingerprint density at radius 3 is 2.74 bits per heavy atom. The molecule has 1 saturated heterocycles. The second-order valence-corrected chi connectivity index (χ2v) is 4.85. The van der Waals surface area contributed by atoms with E-state index in [4.69, 9.17) is 11.6 Å². The summed E-state index contributed by atoms with van der Waals surface area (Å²) < 4.78 is 0. The number of carbonyl (C=O) groups is 1. The monoisotopic (exact) mass is 283 g/mol. The normalized spacial score (nSPS) is 16.1. The van der Waals surface area contributed by atoms with Crippen molar-refractivity contribution in [3.63, 3.8) is 0 Å². The zero-order valence-corrected chi connectivity index (χ0v) is 10.9. The fourth-order valence-corrected chi connectivity index (χ4v) is 2.24. The maximum absolute atomic E-state index is 12.1. The summed E-state index contributed by atoms with van der Waals surface area (Å²) in [7, 11) is 0. The lowest BCUT2D eigenvalue weighted by Gasteiger charge is -2.23. The first-order valence-electron chi connectivity index (χ1n) is 6.03. The van der Waals surface area contributed by atoms with Crippen molar-refractivity contribution in [3.8, 4) is 0 Å². The van der Waals surface area contributed by atoms with Crippen LogP contribution >= 0.6 is 11.6 Å². The molecule has 1 aliphatic rings. The highest BCUT2D eigenvalue weighted by atomic mass is 35.5. The topological polar surface area (TPSA) is 84.3 Å². The first kappa shape index (κ1) is 13.8. The largest absolute Gasteiger partial charge is 0.349 e. The molecule has 1 aromatic carbocycles. The van der Waals surface area contributed by atoms with E-state index in [-0.39, 0.29) is 22.3 Å². The van der Waals surface area contributed by atoms with Crippen molar-refractivity contribution in [2.24, 2.45) is 0 Å². The Hall–Kier alpha value is -1.66. The van der Waals surface area contributed by atoms with Gasteiger partial charge in [-0.05, 0) is 38.1 Å². The van der Waals surface area contributed by atoms with Crippen molar-refractivity contribution in [2.75, 3.05) is 13.1 Å². The molecular weight excluding hydrogens is 270 g/mol. The van der Waals surface area contributed by atoms with Crippen LogP contribution in [-0.4, -0.2) is 30.0 Å². The van der Waals surface area contributed by atoms with Gasteiger partial charge in [-0.15, -0.1) is 0 Å². The van der Waals surface area contributed by atoms with Crippen molar-refractivity contribution < 1.29 is 9.72 Å². The van der Waals surface area contributed by atoms with Crippen molar-refractivity contribution in [1.82, 2.24) is 10.6 Å². The molecule has 1 amide bonds. The van der Waals surface area contributed by atoms with E-state index >= 15 is 0 Å². The van der Waals surface area contributed by atoms with Gasteiger partial charge in [-0.2, -0.15) is 0 Å². The number of benzene rings is 1. The molecule has 0 aromatic heterocycles. The summed E-state index contributed by atoms with van der Waals surface area (Å²) in [5, 5.41) is 17.2. The van der Waals surface area contributed by atoms with Crippen LogP contribution in [0.25, 0.3) is 0 Å². The summed E-state index contributed by atoms with van der Waals surface area (Å²) >= 11 is 5.71. The minimum absolute atomic E-state index is 0.0490. The molecule has 0 spiro atoms. The maximum Gasteiger partial charge on any atom is 0.283 e. The molecule has 6 nitrogen and oxygen atoms in total. The molecule has 1 aromatic rings. The Balaban J connectivity index is 2.16. The minimum atomic E-state index is -0.594. The lowest BCUT2D eigenvalue weighted by Crippen LogP contribution is -2.42. The molecule has 0 unspecified atom stereocenters. The fraction of sp³-hybridized carbons (Fsp3) is 0.417. The second-order valence-electron chi connectivity index (χ2n) is 4.42. The molecule has 1 fully saturated rings. The standard InChI is InChI=1S/C12H14ClN3O3/c13-8-1-2-10(11(7-8)16(18)19)12(17)15-9-3-5-14-6-4-9/h1-2,7,9,14H,3-6H2,(H,15,17). The zero-order chi connectivity index (χ0) is 13.8. The molecule has 0 saturated carbocycles. The number of hydrogen-bond acceptors (Lipinski definition) is 4. The van der Waals surface area contributed by atoms with Crippen LogP contribution in [0, 0.1) is 10.1 Å². The molecule has 7 heteroatoms. The lowest BCUT2D eigenvalue weighted by atomic mass is 10.1. The van der Waals surface area contributed by atoms with E-state index in [1.165, 1.54) is 18.2 Å². The van der Waals surface area contributed by atoms with Crippen molar-refractivity contribution in [2.45, 2.75) is 18.9 Å². The SMILES string of the molecule is O=C(NC1CCNCC1)c1ccc(Cl)cc1[N+](=O)[O-]. The Labute approximate surface area is 115 Å². The smallest absolute Gasteiger partial charge is 0.283 e. The van der Waals surface area contributed by atoms with Crippen LogP contribution in [0.15, 0.2) is 18.2 Å². The predicted molar refractivity (Wildman–Crippen MR) is 71.5 cm³/mol. The third kappa shape index (κ3) is 3.42. The van der Waals surface area contributed by atoms with Gasteiger partial charge in [0.25, 0.3) is 11.6 Å². The summed E-state index contributed by atoms with van der Waals surface area (Å²) in [6.45, 7) is 1.68. The van der Waals surface area contributed by atoms with Gasteiger partial charge >= 0.3 is 0 Å². The Bertz CT molecular complexity index is 501. The molecule has 2 rings (SSSR count). The van der Waals surface area contributed by atoms with Crippen LogP contribution < -0.4 is 10.6 Å². The molecule has 1 heterocycles. The Morgan fingerprint density at radius 1 is 1.42 bits per heavy atom. The first-order chi connectivity index (χ1) is 9.08. The molecule has 0 atom stereocenters. The quantitative estimate of drug-likeness (QED) is 0.653. The molecule has 0 bridgehead atoms. The molecule has 1 aliphatic heterocycles. The predicted octanol–water partition coefficient (Wildman–Crippen LogP) is 1.73. The number of piperidine rings is 1. The Kier molecular flexibility index (Phi) is 4.34. The highest BCUT2D eigenvalue weighted by molar-refractivity contribution is 6.31. The van der Waals surface area contributed by atoms with E-state index in [1.54, 1.807) is 0 Å². The van der Waals surface area contributed by atoms with Crippen LogP contribution in [0.4, 0.5) is 5.69 Å². The number of nitrogens with zero attached hydrogens (tertiary/aromatic N) is 1. The van der Waals surface area contributed by atoms with Gasteiger partial charge in [-0.25, -0.2) is 0 Å². The number of rotatable bonds is 3. The van der Waals surface area contributed by atoms with Crippen LogP contribution in [0.1, 0.15) is 23.2 Å². The molecule has 0 radical (unpaired) electrons. The number of amides is 1. The third-order valence-corrected chi connectivity index (χ3v) is 3.31. The van der Waals surface area contributed by atoms with Crippen molar-refractivity contribution in [1.29, 1.82) is 0 Å². The summed E-state index contributed by atoms with van der Waals surface area (Å²) in [4.78, 5) is 22.4. The molecular formula is C12H14ClN3O3. The van der Waals surface area contributed by atoms with Gasteiger partial charge in [0.2, 0.25) is 0 Å². The minimum Gasteiger partial charge on any atom is -0.349 e. The van der Waals surface area contributed by atoms with Gasteiger partial charge < -0.3 is 10.6 Å². The highest BCUT2D eigenvalue weighted by Gasteiger charge is 2.23. The average Bonchev–Trinajstić information content (AvgIpc) is 2.39. The molecule has 102 valence electrons. The van der Waals surface area contributed by atoms with Crippen LogP contribution in [0.5, 0.6) is 0 Å². The maximum atomic E-state index is 12.1. The molecule has 0 aliphatic carbocycles. The number of carbonyl (C=O) groups excluding carboxylic acids is 1. The highest BCUT2D eigenvalue weighted by Crippen LogP contribution is 2.23. The molecule has 2 N–H and O–H groups in total. The van der Waals surface area contributed by atoms with Crippen LogP contribution in [-0.2, 0) is 0 Å². The lowest BCUT2D eigenvalue weighted by molar-refractivity contribution is -0.385. The summed E-state index contributed by atoms with van der Waals surface area (Å²) in [5.74, 6) is -0.421. The number of nitro groups is 1. The fourth-order valence-electron chi connectivity index (χ4n) is 2.08. The second kappa shape index (κ2) is 5.99. The summed E-state index contributed by atoms with van der Waals surface area (Å²) in [6.07, 6.45) is 1.65. The van der Waals surface area contributed by atoms with Gasteiger partial charge in [-0.1, -0.05) is 11.6 Å². The summed E-state index contributed by atoms with van der Waals surface area (Å²) in [5.41, 5.74) is -0.216. The average molecular weight is 284 g/mol. The van der Waals surface area contributed by atoms with Gasteiger partial charge in [0.15, 0.2) is 0 Å². The first-order valence-corrected chi connectivity index (χ1v) is 6.41. The van der Waals surface area contributed by atoms with Gasteiger partial charge in [-0.3, -0.25) is 14.9 Å². The van der Waals surface area contributed by atoms with Gasteiger partial charge in [0.05, 0.1) is 4.92 Å². The van der Waals surface area contributed by atoms with E-state index in [0.29, 0.717) is 0 Å². The number of halogens is 1. The van der Waals surface area contributed by atoms with E-state index in [1.807, 2.05) is 0 Å². The van der Waals surface area contributed by atoms with Crippen LogP contribution in [0.2, 0.25) is 5.02 Å². The number of hydrogen-bond donors (Lipinski definition) is 2. The van der Waals surface area contributed by atoms with Crippen molar-refractivity contribution >= 4 is 23.2 Å². The van der Waals surface area contributed by atoms with Crippen LogP contribution in [0.3, 0.4) is 0 Å². The van der Waals surface area contributed by atoms with E-state index in [9.17, 15) is 14.9 Å². The van der Waals surface area contributed by atoms with E-state index in [2.05, 4.69) is 10.6 Å². The van der Waals surface area contributed by atoms with E-state index in [0.717, 1.165) is 25.9 Å². The molecule has 19 heavy (non-hydrogen) atoms.